The van der Waals surface area contributed by atoms with Gasteiger partial charge < -0.3 is 0 Å². The van der Waals surface area contributed by atoms with Crippen LogP contribution in [-0.2, 0) is 0 Å². The van der Waals surface area contributed by atoms with E-state index >= 15 is 0 Å². The second-order valence-electron chi connectivity index (χ2n) is 10.3. The van der Waals surface area contributed by atoms with E-state index in [0.717, 1.165) is 27.7 Å². The Hall–Kier alpha value is -5.34. The topological polar surface area (TPSA) is 25.8 Å². The molecule has 2 heterocycles. The molecule has 2 nitrogen and oxygen atoms in total. The van der Waals surface area contributed by atoms with Crippen LogP contribution < -0.4 is 0 Å². The van der Waals surface area contributed by atoms with Crippen molar-refractivity contribution < 1.29 is 0 Å². The van der Waals surface area contributed by atoms with E-state index in [1.807, 2.05) is 30.6 Å². The van der Waals surface area contributed by atoms with E-state index in [-0.39, 0.29) is 0 Å². The predicted octanol–water partition coefficient (Wildman–Crippen LogP) is 10.1. The first-order valence-corrected chi connectivity index (χ1v) is 13.6. The maximum atomic E-state index is 5.02. The molecule has 0 N–H and O–H groups in total. The maximum Gasteiger partial charge on any atom is 0.0714 e. The summed E-state index contributed by atoms with van der Waals surface area (Å²) in [4.78, 5) is 9.67. The van der Waals surface area contributed by atoms with Gasteiger partial charge >= 0.3 is 0 Å². The smallest absolute Gasteiger partial charge is 0.0714 e. The fraction of sp³-hybridized carbons (Fsp3) is 0. The zero-order valence-electron chi connectivity index (χ0n) is 21.8. The molecule has 0 bridgehead atoms. The monoisotopic (exact) mass is 508 g/mol. The standard InChI is InChI=1S/C38H24N2/c1-2-10-26-21-28(18-17-25(26)9-1)37-31-12-4-6-14-33(31)38(34-15-7-5-13-32(34)37)36-20-19-29(23-40-36)30-22-27-11-3-8-16-35(27)39-24-30/h1-24H. The van der Waals surface area contributed by atoms with Gasteiger partial charge in [0.1, 0.15) is 0 Å². The third kappa shape index (κ3) is 3.65. The van der Waals surface area contributed by atoms with Crippen LogP contribution in [0.3, 0.4) is 0 Å². The molecule has 0 radical (unpaired) electrons. The quantitative estimate of drug-likeness (QED) is 0.222. The summed E-state index contributed by atoms with van der Waals surface area (Å²) in [5, 5.41) is 8.51. The van der Waals surface area contributed by atoms with Crippen molar-refractivity contribution in [2.45, 2.75) is 0 Å². The van der Waals surface area contributed by atoms with Crippen LogP contribution in [0.1, 0.15) is 0 Å². The molecular formula is C38H24N2. The summed E-state index contributed by atoms with van der Waals surface area (Å²) in [6.45, 7) is 0. The first-order chi connectivity index (χ1) is 19.8. The van der Waals surface area contributed by atoms with Crippen LogP contribution in [0.4, 0.5) is 0 Å². The van der Waals surface area contributed by atoms with E-state index < -0.39 is 0 Å². The van der Waals surface area contributed by atoms with Crippen molar-refractivity contribution in [3.63, 3.8) is 0 Å². The van der Waals surface area contributed by atoms with Gasteiger partial charge in [-0.05, 0) is 67.7 Å². The molecule has 0 aliphatic carbocycles. The number of hydrogen-bond acceptors (Lipinski definition) is 2. The van der Waals surface area contributed by atoms with Crippen molar-refractivity contribution in [1.82, 2.24) is 9.97 Å². The van der Waals surface area contributed by atoms with Gasteiger partial charge in [-0.25, -0.2) is 0 Å². The molecule has 2 heteroatoms. The van der Waals surface area contributed by atoms with Gasteiger partial charge in [0, 0.05) is 34.5 Å². The molecule has 0 aliphatic rings. The lowest BCUT2D eigenvalue weighted by Gasteiger charge is -2.17. The molecule has 2 aromatic heterocycles. The summed E-state index contributed by atoms with van der Waals surface area (Å²) in [6.07, 6.45) is 3.91. The number of rotatable bonds is 3. The average molecular weight is 509 g/mol. The molecule has 0 unspecified atom stereocenters. The fourth-order valence-electron chi connectivity index (χ4n) is 6.00. The highest BCUT2D eigenvalue weighted by Gasteiger charge is 2.17. The Balaban J connectivity index is 1.33. The summed E-state index contributed by atoms with van der Waals surface area (Å²) in [7, 11) is 0. The summed E-state index contributed by atoms with van der Waals surface area (Å²) in [5.41, 5.74) is 7.75. The molecular weight excluding hydrogens is 484 g/mol. The van der Waals surface area contributed by atoms with Crippen LogP contribution in [-0.4, -0.2) is 9.97 Å². The molecule has 186 valence electrons. The number of fused-ring (bicyclic) bond motifs is 4. The Labute approximate surface area is 232 Å². The third-order valence-electron chi connectivity index (χ3n) is 7.91. The number of benzene rings is 6. The zero-order chi connectivity index (χ0) is 26.5. The first-order valence-electron chi connectivity index (χ1n) is 13.6. The van der Waals surface area contributed by atoms with E-state index in [4.69, 9.17) is 4.98 Å². The van der Waals surface area contributed by atoms with Gasteiger partial charge in [-0.3, -0.25) is 9.97 Å². The van der Waals surface area contributed by atoms with Gasteiger partial charge in [-0.1, -0.05) is 109 Å². The minimum absolute atomic E-state index is 0.968. The van der Waals surface area contributed by atoms with E-state index in [0.29, 0.717) is 0 Å². The minimum atomic E-state index is 0.968. The van der Waals surface area contributed by atoms with Crippen LogP contribution in [0, 0.1) is 0 Å². The Morgan fingerprint density at radius 3 is 1.60 bits per heavy atom. The summed E-state index contributed by atoms with van der Waals surface area (Å²) in [5.74, 6) is 0. The Bertz CT molecular complexity index is 2150. The number of nitrogens with zero attached hydrogens (tertiary/aromatic N) is 2. The minimum Gasteiger partial charge on any atom is -0.256 e. The highest BCUT2D eigenvalue weighted by atomic mass is 14.7. The molecule has 0 atom stereocenters. The first kappa shape index (κ1) is 22.6. The second-order valence-corrected chi connectivity index (χ2v) is 10.3. The van der Waals surface area contributed by atoms with Crippen molar-refractivity contribution in [3.8, 4) is 33.5 Å². The lowest BCUT2D eigenvalue weighted by molar-refractivity contribution is 1.33. The van der Waals surface area contributed by atoms with Gasteiger partial charge in [0.2, 0.25) is 0 Å². The maximum absolute atomic E-state index is 5.02. The number of para-hydroxylation sites is 1. The van der Waals surface area contributed by atoms with Gasteiger partial charge in [-0.15, -0.1) is 0 Å². The van der Waals surface area contributed by atoms with Crippen molar-refractivity contribution >= 4 is 43.2 Å². The van der Waals surface area contributed by atoms with Crippen molar-refractivity contribution in [1.29, 1.82) is 0 Å². The molecule has 0 amide bonds. The molecule has 40 heavy (non-hydrogen) atoms. The molecule has 0 fully saturated rings. The average Bonchev–Trinajstić information content (AvgIpc) is 3.03. The molecule has 0 saturated carbocycles. The van der Waals surface area contributed by atoms with Crippen molar-refractivity contribution in [2.75, 3.05) is 0 Å². The normalized spacial score (nSPS) is 11.5. The Morgan fingerprint density at radius 2 is 0.900 bits per heavy atom. The Kier molecular flexibility index (Phi) is 5.17. The SMILES string of the molecule is c1ccc2cc(-c3c4ccccc4c(-c4ccc(-c5cnc6ccccc6c5)cn4)c4ccccc34)ccc2c1. The summed E-state index contributed by atoms with van der Waals surface area (Å²) < 4.78 is 0. The van der Waals surface area contributed by atoms with E-state index in [2.05, 4.69) is 120 Å². The van der Waals surface area contributed by atoms with Gasteiger partial charge in [-0.2, -0.15) is 0 Å². The van der Waals surface area contributed by atoms with Gasteiger partial charge in [0.15, 0.2) is 0 Å². The van der Waals surface area contributed by atoms with Crippen LogP contribution in [0.2, 0.25) is 0 Å². The molecule has 0 saturated heterocycles. The summed E-state index contributed by atoms with van der Waals surface area (Å²) in [6, 6.07) is 47.5. The Morgan fingerprint density at radius 1 is 0.350 bits per heavy atom. The van der Waals surface area contributed by atoms with Crippen LogP contribution >= 0.6 is 0 Å². The molecule has 8 rings (SSSR count). The number of aromatic nitrogens is 2. The van der Waals surface area contributed by atoms with E-state index in [1.54, 1.807) is 0 Å². The van der Waals surface area contributed by atoms with Crippen molar-refractivity contribution in [2.24, 2.45) is 0 Å². The van der Waals surface area contributed by atoms with Crippen LogP contribution in [0.25, 0.3) is 76.7 Å². The van der Waals surface area contributed by atoms with Crippen LogP contribution in [0.5, 0.6) is 0 Å². The number of pyridine rings is 2. The van der Waals surface area contributed by atoms with E-state index in [1.165, 1.54) is 49.0 Å². The molecule has 6 aromatic carbocycles. The predicted molar refractivity (Wildman–Crippen MR) is 168 cm³/mol. The summed E-state index contributed by atoms with van der Waals surface area (Å²) >= 11 is 0. The van der Waals surface area contributed by atoms with E-state index in [9.17, 15) is 0 Å². The highest BCUT2D eigenvalue weighted by Crippen LogP contribution is 2.43. The lowest BCUT2D eigenvalue weighted by Crippen LogP contribution is -1.93. The van der Waals surface area contributed by atoms with Gasteiger partial charge in [0.05, 0.1) is 11.2 Å². The van der Waals surface area contributed by atoms with Crippen molar-refractivity contribution in [3.05, 3.63) is 146 Å². The third-order valence-corrected chi connectivity index (χ3v) is 7.91. The molecule has 0 aliphatic heterocycles. The van der Waals surface area contributed by atoms with Gasteiger partial charge in [0.25, 0.3) is 0 Å². The van der Waals surface area contributed by atoms with Crippen LogP contribution in [0.15, 0.2) is 146 Å². The largest absolute Gasteiger partial charge is 0.256 e. The molecule has 0 spiro atoms. The zero-order valence-corrected chi connectivity index (χ0v) is 21.8. The second kappa shape index (κ2) is 9.14. The fourth-order valence-corrected chi connectivity index (χ4v) is 6.00. The highest BCUT2D eigenvalue weighted by molar-refractivity contribution is 6.21. The number of hydrogen-bond donors (Lipinski definition) is 0. The molecule has 8 aromatic rings. The lowest BCUT2D eigenvalue weighted by atomic mass is 9.86.